The number of nitrogens with zero attached hydrogens (tertiary/aromatic N) is 1. The van der Waals surface area contributed by atoms with E-state index in [0.29, 0.717) is 5.69 Å². The number of hydrogen-bond acceptors (Lipinski definition) is 3. The maximum atomic E-state index is 11.6. The van der Waals surface area contributed by atoms with Gasteiger partial charge in [0, 0.05) is 29.9 Å². The minimum atomic E-state index is -0.478. The Labute approximate surface area is 115 Å². The van der Waals surface area contributed by atoms with Gasteiger partial charge in [-0.1, -0.05) is 12.1 Å². The largest absolute Gasteiger partial charge is 0.388 e. The summed E-state index contributed by atoms with van der Waals surface area (Å²) in [4.78, 5) is 18.7. The predicted octanol–water partition coefficient (Wildman–Crippen LogP) is 2.37. The van der Waals surface area contributed by atoms with Crippen molar-refractivity contribution in [2.45, 2.75) is 0 Å². The summed E-state index contributed by atoms with van der Waals surface area (Å²) >= 11 is 0. The standard InChI is InChI=1S/C15H14N4O/c1-17-10-4-2-9(3-5-10)13-11-6-7-18-8-12(11)19-14(13)15(16)20/h2-8,17,19H,1H3,(H2,16,20). The number of H-pyrrole nitrogens is 1. The van der Waals surface area contributed by atoms with Crippen LogP contribution in [0.25, 0.3) is 22.0 Å². The number of pyridine rings is 1. The Kier molecular flexibility index (Phi) is 2.87. The maximum Gasteiger partial charge on any atom is 0.265 e. The molecule has 4 N–H and O–H groups in total. The van der Waals surface area contributed by atoms with Gasteiger partial charge < -0.3 is 16.0 Å². The molecule has 3 rings (SSSR count). The lowest BCUT2D eigenvalue weighted by molar-refractivity contribution is 0.0997. The summed E-state index contributed by atoms with van der Waals surface area (Å²) < 4.78 is 0. The quantitative estimate of drug-likeness (QED) is 0.680. The van der Waals surface area contributed by atoms with Crippen molar-refractivity contribution in [1.82, 2.24) is 9.97 Å². The zero-order valence-corrected chi connectivity index (χ0v) is 11.0. The van der Waals surface area contributed by atoms with Crippen LogP contribution < -0.4 is 11.1 Å². The molecule has 0 saturated carbocycles. The molecule has 5 heteroatoms. The Balaban J connectivity index is 2.27. The fourth-order valence-electron chi connectivity index (χ4n) is 2.33. The minimum absolute atomic E-state index is 0.408. The average Bonchev–Trinajstić information content (AvgIpc) is 2.87. The number of hydrogen-bond donors (Lipinski definition) is 3. The first-order valence-electron chi connectivity index (χ1n) is 6.24. The minimum Gasteiger partial charge on any atom is -0.388 e. The van der Waals surface area contributed by atoms with Crippen LogP contribution in [0.3, 0.4) is 0 Å². The molecule has 0 unspecified atom stereocenters. The number of anilines is 1. The SMILES string of the molecule is CNc1ccc(-c2c(C(N)=O)[nH]c3cnccc23)cc1. The summed E-state index contributed by atoms with van der Waals surface area (Å²) in [5.41, 5.74) is 9.44. The second-order valence-electron chi connectivity index (χ2n) is 4.49. The molecule has 1 amide bonds. The molecule has 0 aliphatic rings. The van der Waals surface area contributed by atoms with Crippen molar-refractivity contribution < 1.29 is 4.79 Å². The number of benzene rings is 1. The number of amides is 1. The van der Waals surface area contributed by atoms with E-state index in [9.17, 15) is 4.79 Å². The monoisotopic (exact) mass is 266 g/mol. The lowest BCUT2D eigenvalue weighted by atomic mass is 10.0. The Morgan fingerprint density at radius 2 is 2.00 bits per heavy atom. The molecule has 5 nitrogen and oxygen atoms in total. The van der Waals surface area contributed by atoms with Crippen LogP contribution >= 0.6 is 0 Å². The van der Waals surface area contributed by atoms with Gasteiger partial charge in [-0.05, 0) is 23.8 Å². The van der Waals surface area contributed by atoms with Gasteiger partial charge in [-0.2, -0.15) is 0 Å². The molecule has 0 saturated heterocycles. The highest BCUT2D eigenvalue weighted by molar-refractivity contribution is 6.09. The third kappa shape index (κ3) is 1.89. The van der Waals surface area contributed by atoms with Crippen LogP contribution in [0, 0.1) is 0 Å². The Bertz CT molecular complexity index is 774. The zero-order valence-electron chi connectivity index (χ0n) is 11.0. The molecule has 0 spiro atoms. The molecule has 0 fully saturated rings. The number of primary amides is 1. The molecule has 1 aromatic carbocycles. The van der Waals surface area contributed by atoms with E-state index in [0.717, 1.165) is 27.7 Å². The number of aromatic amines is 1. The third-order valence-corrected chi connectivity index (χ3v) is 3.31. The van der Waals surface area contributed by atoms with Gasteiger partial charge >= 0.3 is 0 Å². The van der Waals surface area contributed by atoms with Gasteiger partial charge in [0.25, 0.3) is 5.91 Å². The summed E-state index contributed by atoms with van der Waals surface area (Å²) in [6, 6.07) is 9.71. The summed E-state index contributed by atoms with van der Waals surface area (Å²) in [6.45, 7) is 0. The number of fused-ring (bicyclic) bond motifs is 1. The maximum absolute atomic E-state index is 11.6. The topological polar surface area (TPSA) is 83.8 Å². The molecule has 0 radical (unpaired) electrons. The molecule has 0 bridgehead atoms. The smallest absolute Gasteiger partial charge is 0.265 e. The van der Waals surface area contributed by atoms with Gasteiger partial charge in [-0.15, -0.1) is 0 Å². The van der Waals surface area contributed by atoms with Crippen molar-refractivity contribution in [2.75, 3.05) is 12.4 Å². The van der Waals surface area contributed by atoms with Crippen molar-refractivity contribution in [3.63, 3.8) is 0 Å². The number of carbonyl (C=O) groups is 1. The lowest BCUT2D eigenvalue weighted by Crippen LogP contribution is -2.12. The van der Waals surface area contributed by atoms with Crippen LogP contribution in [-0.2, 0) is 0 Å². The molecule has 2 aromatic heterocycles. The Morgan fingerprint density at radius 3 is 2.65 bits per heavy atom. The first-order chi connectivity index (χ1) is 9.70. The van der Waals surface area contributed by atoms with Crippen LogP contribution in [0.1, 0.15) is 10.5 Å². The summed E-state index contributed by atoms with van der Waals surface area (Å²) in [5.74, 6) is -0.478. The van der Waals surface area contributed by atoms with E-state index in [1.807, 2.05) is 37.4 Å². The first-order valence-corrected chi connectivity index (χ1v) is 6.24. The van der Waals surface area contributed by atoms with Gasteiger partial charge in [0.15, 0.2) is 0 Å². The molecular formula is C15H14N4O. The number of carbonyl (C=O) groups excluding carboxylic acids is 1. The summed E-state index contributed by atoms with van der Waals surface area (Å²) in [7, 11) is 1.86. The van der Waals surface area contributed by atoms with Crippen molar-refractivity contribution in [3.8, 4) is 11.1 Å². The first kappa shape index (κ1) is 12.2. The van der Waals surface area contributed by atoms with Gasteiger partial charge in [0.05, 0.1) is 11.7 Å². The van der Waals surface area contributed by atoms with Crippen molar-refractivity contribution in [2.24, 2.45) is 5.73 Å². The molecule has 20 heavy (non-hydrogen) atoms. The number of rotatable bonds is 3. The van der Waals surface area contributed by atoms with E-state index in [2.05, 4.69) is 15.3 Å². The Hall–Kier alpha value is -2.82. The number of aromatic nitrogens is 2. The molecule has 100 valence electrons. The predicted molar refractivity (Wildman–Crippen MR) is 79.6 cm³/mol. The van der Waals surface area contributed by atoms with Crippen LogP contribution in [-0.4, -0.2) is 22.9 Å². The summed E-state index contributed by atoms with van der Waals surface area (Å²) in [5, 5.41) is 4.00. The molecule has 0 aliphatic carbocycles. The van der Waals surface area contributed by atoms with Crippen molar-refractivity contribution in [1.29, 1.82) is 0 Å². The van der Waals surface area contributed by atoms with Crippen molar-refractivity contribution >= 4 is 22.5 Å². The van der Waals surface area contributed by atoms with E-state index in [4.69, 9.17) is 5.73 Å². The molecule has 3 aromatic rings. The van der Waals surface area contributed by atoms with Gasteiger partial charge in [0.1, 0.15) is 5.69 Å². The molecule has 2 heterocycles. The third-order valence-electron chi connectivity index (χ3n) is 3.31. The van der Waals surface area contributed by atoms with E-state index in [-0.39, 0.29) is 0 Å². The van der Waals surface area contributed by atoms with E-state index in [1.165, 1.54) is 0 Å². The number of nitrogens with two attached hydrogens (primary N) is 1. The fourth-order valence-corrected chi connectivity index (χ4v) is 2.33. The van der Waals surface area contributed by atoms with E-state index < -0.39 is 5.91 Å². The van der Waals surface area contributed by atoms with Crippen LogP contribution in [0.5, 0.6) is 0 Å². The van der Waals surface area contributed by atoms with Gasteiger partial charge in [-0.3, -0.25) is 9.78 Å². The normalized spacial score (nSPS) is 10.7. The molecular weight excluding hydrogens is 252 g/mol. The highest BCUT2D eigenvalue weighted by atomic mass is 16.1. The highest BCUT2D eigenvalue weighted by Crippen LogP contribution is 2.32. The van der Waals surface area contributed by atoms with Crippen LogP contribution in [0.2, 0.25) is 0 Å². The lowest BCUT2D eigenvalue weighted by Gasteiger charge is -2.05. The number of nitrogens with one attached hydrogen (secondary N) is 2. The highest BCUT2D eigenvalue weighted by Gasteiger charge is 2.16. The second kappa shape index (κ2) is 4.70. The molecule has 0 atom stereocenters. The fraction of sp³-hybridized carbons (Fsp3) is 0.0667. The van der Waals surface area contributed by atoms with Crippen molar-refractivity contribution in [3.05, 3.63) is 48.4 Å². The van der Waals surface area contributed by atoms with E-state index >= 15 is 0 Å². The van der Waals surface area contributed by atoms with Crippen LogP contribution in [0.4, 0.5) is 5.69 Å². The van der Waals surface area contributed by atoms with Gasteiger partial charge in [-0.25, -0.2) is 0 Å². The zero-order chi connectivity index (χ0) is 14.1. The van der Waals surface area contributed by atoms with Crippen LogP contribution in [0.15, 0.2) is 42.7 Å². The summed E-state index contributed by atoms with van der Waals surface area (Å²) in [6.07, 6.45) is 3.39. The second-order valence-corrected chi connectivity index (χ2v) is 4.49. The molecule has 0 aliphatic heterocycles. The Morgan fingerprint density at radius 1 is 1.25 bits per heavy atom. The van der Waals surface area contributed by atoms with Gasteiger partial charge in [0.2, 0.25) is 0 Å². The van der Waals surface area contributed by atoms with E-state index in [1.54, 1.807) is 12.4 Å². The average molecular weight is 266 g/mol.